The van der Waals surface area contributed by atoms with Crippen LogP contribution in [0.25, 0.3) is 0 Å². The van der Waals surface area contributed by atoms with Crippen LogP contribution in [-0.2, 0) is 23.7 Å². The molecule has 0 bridgehead atoms. The highest BCUT2D eigenvalue weighted by Gasteiger charge is 2.48. The van der Waals surface area contributed by atoms with Gasteiger partial charge in [0.15, 0.2) is 12.6 Å². The lowest BCUT2D eigenvalue weighted by Gasteiger charge is -2.34. The van der Waals surface area contributed by atoms with Crippen LogP contribution in [-0.4, -0.2) is 55.0 Å². The fourth-order valence-corrected chi connectivity index (χ4v) is 4.97. The van der Waals surface area contributed by atoms with Gasteiger partial charge in [-0.25, -0.2) is 0 Å². The number of aldehydes is 1. The number of carbonyl (C=O) groups excluding carboxylic acids is 1. The van der Waals surface area contributed by atoms with Crippen LogP contribution in [0.4, 0.5) is 0 Å². The summed E-state index contributed by atoms with van der Waals surface area (Å²) in [4.78, 5) is 11.3. The van der Waals surface area contributed by atoms with E-state index in [1.54, 1.807) is 0 Å². The second-order valence-electron chi connectivity index (χ2n) is 9.16. The molecule has 6 nitrogen and oxygen atoms in total. The van der Waals surface area contributed by atoms with Crippen molar-refractivity contribution in [2.45, 2.75) is 121 Å². The van der Waals surface area contributed by atoms with E-state index in [2.05, 4.69) is 18.8 Å². The molecule has 0 radical (unpaired) electrons. The van der Waals surface area contributed by atoms with Gasteiger partial charge in [-0.1, -0.05) is 12.8 Å². The molecular formula is C25H40O6. The van der Waals surface area contributed by atoms with E-state index in [1.165, 1.54) is 0 Å². The Labute approximate surface area is 187 Å². The van der Waals surface area contributed by atoms with Gasteiger partial charge < -0.3 is 28.8 Å². The standard InChI is InChI=1S/C25H40O6/c1-2-3-4-9-20(30-23-10-5-7-18-28-23)12-13-21-22(14-15-25(21,27)16-17-26)31-24-11-6-8-19-29-24/h17,20-24,27H,2-3,5-8,10-16,18-19H2,1H3. The second-order valence-corrected chi connectivity index (χ2v) is 9.16. The molecule has 2 heterocycles. The molecule has 176 valence electrons. The molecule has 1 saturated carbocycles. The van der Waals surface area contributed by atoms with Gasteiger partial charge in [0.05, 0.1) is 11.7 Å². The van der Waals surface area contributed by atoms with E-state index in [0.29, 0.717) is 19.3 Å². The zero-order valence-electron chi connectivity index (χ0n) is 19.1. The third-order valence-corrected chi connectivity index (χ3v) is 6.73. The summed E-state index contributed by atoms with van der Waals surface area (Å²) in [5.41, 5.74) is -1.02. The summed E-state index contributed by atoms with van der Waals surface area (Å²) in [5.74, 6) is 6.37. The molecule has 6 atom stereocenters. The SMILES string of the molecule is CCCC#CC(CCC1C(OC2CCCCO2)CCC1(O)CC=O)OC1CCCCO1. The fraction of sp³-hybridized carbons (Fsp3) is 0.880. The number of aliphatic hydroxyl groups is 1. The minimum Gasteiger partial charge on any atom is -0.389 e. The van der Waals surface area contributed by atoms with E-state index in [4.69, 9.17) is 18.9 Å². The Morgan fingerprint density at radius 3 is 2.52 bits per heavy atom. The normalized spacial score (nSPS) is 34.6. The maximum absolute atomic E-state index is 11.3. The van der Waals surface area contributed by atoms with E-state index in [9.17, 15) is 9.90 Å². The quantitative estimate of drug-likeness (QED) is 0.410. The zero-order valence-corrected chi connectivity index (χ0v) is 19.1. The Morgan fingerprint density at radius 1 is 1.13 bits per heavy atom. The lowest BCUT2D eigenvalue weighted by molar-refractivity contribution is -0.203. The van der Waals surface area contributed by atoms with Gasteiger partial charge in [0.25, 0.3) is 0 Å². The molecule has 0 amide bonds. The first kappa shape index (κ1) is 24.7. The van der Waals surface area contributed by atoms with E-state index in [1.807, 2.05) is 0 Å². The summed E-state index contributed by atoms with van der Waals surface area (Å²) in [6.45, 7) is 3.58. The molecule has 1 N–H and O–H groups in total. The summed E-state index contributed by atoms with van der Waals surface area (Å²) in [5, 5.41) is 11.2. The molecule has 0 spiro atoms. The molecule has 3 aliphatic rings. The van der Waals surface area contributed by atoms with Gasteiger partial charge in [-0.2, -0.15) is 0 Å². The van der Waals surface area contributed by atoms with Crippen LogP contribution < -0.4 is 0 Å². The fourth-order valence-electron chi connectivity index (χ4n) is 4.97. The minimum absolute atomic E-state index is 0.108. The molecule has 3 rings (SSSR count). The summed E-state index contributed by atoms with van der Waals surface area (Å²) < 4.78 is 24.0. The average molecular weight is 437 g/mol. The second kappa shape index (κ2) is 12.9. The maximum Gasteiger partial charge on any atom is 0.159 e. The summed E-state index contributed by atoms with van der Waals surface area (Å²) in [6, 6.07) is 0. The molecule has 0 aromatic rings. The molecule has 2 aliphatic heterocycles. The maximum atomic E-state index is 11.3. The van der Waals surface area contributed by atoms with Gasteiger partial charge in [-0.15, -0.1) is 5.92 Å². The van der Waals surface area contributed by atoms with Gasteiger partial charge in [-0.3, -0.25) is 0 Å². The third kappa shape index (κ3) is 7.54. The molecule has 3 fully saturated rings. The van der Waals surface area contributed by atoms with Crippen molar-refractivity contribution in [1.29, 1.82) is 0 Å². The first-order valence-electron chi connectivity index (χ1n) is 12.3. The first-order valence-corrected chi connectivity index (χ1v) is 12.3. The van der Waals surface area contributed by atoms with E-state index < -0.39 is 5.60 Å². The van der Waals surface area contributed by atoms with Crippen molar-refractivity contribution >= 4 is 6.29 Å². The lowest BCUT2D eigenvalue weighted by atomic mass is 9.83. The van der Waals surface area contributed by atoms with Gasteiger partial charge >= 0.3 is 0 Å². The van der Waals surface area contributed by atoms with Crippen LogP contribution in [0.15, 0.2) is 0 Å². The Kier molecular flexibility index (Phi) is 10.3. The number of ether oxygens (including phenoxy) is 4. The number of unbranched alkanes of at least 4 members (excludes halogenated alkanes) is 1. The van der Waals surface area contributed by atoms with E-state index >= 15 is 0 Å². The van der Waals surface area contributed by atoms with Gasteiger partial charge in [-0.05, 0) is 70.6 Å². The summed E-state index contributed by atoms with van der Waals surface area (Å²) in [7, 11) is 0. The summed E-state index contributed by atoms with van der Waals surface area (Å²) in [6.07, 6.45) is 10.9. The van der Waals surface area contributed by atoms with Crippen LogP contribution in [0, 0.1) is 17.8 Å². The van der Waals surface area contributed by atoms with Crippen LogP contribution in [0.5, 0.6) is 0 Å². The van der Waals surface area contributed by atoms with Crippen LogP contribution >= 0.6 is 0 Å². The Bertz CT molecular complexity index is 587. The highest BCUT2D eigenvalue weighted by molar-refractivity contribution is 5.51. The number of hydrogen-bond acceptors (Lipinski definition) is 6. The van der Waals surface area contributed by atoms with Gasteiger partial charge in [0.1, 0.15) is 12.4 Å². The Balaban J connectivity index is 1.63. The predicted octanol–water partition coefficient (Wildman–Crippen LogP) is 4.12. The van der Waals surface area contributed by atoms with Crippen molar-refractivity contribution in [3.8, 4) is 11.8 Å². The van der Waals surface area contributed by atoms with Crippen molar-refractivity contribution in [3.63, 3.8) is 0 Å². The molecule has 6 unspecified atom stereocenters. The molecule has 0 aromatic carbocycles. The van der Waals surface area contributed by atoms with Gasteiger partial charge in [0, 0.05) is 32.0 Å². The first-order chi connectivity index (χ1) is 15.1. The summed E-state index contributed by atoms with van der Waals surface area (Å²) >= 11 is 0. The highest BCUT2D eigenvalue weighted by atomic mass is 16.7. The Hall–Kier alpha value is -0.970. The van der Waals surface area contributed by atoms with E-state index in [-0.39, 0.29) is 37.1 Å². The molecule has 31 heavy (non-hydrogen) atoms. The lowest BCUT2D eigenvalue weighted by Crippen LogP contribution is -2.40. The number of rotatable bonds is 10. The third-order valence-electron chi connectivity index (χ3n) is 6.73. The van der Waals surface area contributed by atoms with Crippen LogP contribution in [0.1, 0.15) is 90.4 Å². The van der Waals surface area contributed by atoms with Crippen LogP contribution in [0.2, 0.25) is 0 Å². The largest absolute Gasteiger partial charge is 0.389 e. The zero-order chi connectivity index (χ0) is 21.9. The van der Waals surface area contributed by atoms with E-state index in [0.717, 1.165) is 77.3 Å². The molecule has 2 saturated heterocycles. The monoisotopic (exact) mass is 436 g/mol. The van der Waals surface area contributed by atoms with Crippen molar-refractivity contribution in [3.05, 3.63) is 0 Å². The molecular weight excluding hydrogens is 396 g/mol. The van der Waals surface area contributed by atoms with Crippen molar-refractivity contribution in [2.24, 2.45) is 5.92 Å². The van der Waals surface area contributed by atoms with Gasteiger partial charge in [0.2, 0.25) is 0 Å². The molecule has 6 heteroatoms. The average Bonchev–Trinajstić information content (AvgIpc) is 3.08. The highest BCUT2D eigenvalue weighted by Crippen LogP contribution is 2.43. The molecule has 1 aliphatic carbocycles. The van der Waals surface area contributed by atoms with Crippen molar-refractivity contribution in [1.82, 2.24) is 0 Å². The number of hydrogen-bond donors (Lipinski definition) is 1. The van der Waals surface area contributed by atoms with Crippen molar-refractivity contribution in [2.75, 3.05) is 13.2 Å². The van der Waals surface area contributed by atoms with Crippen molar-refractivity contribution < 1.29 is 28.8 Å². The predicted molar refractivity (Wildman–Crippen MR) is 117 cm³/mol. The minimum atomic E-state index is -1.02. The smallest absolute Gasteiger partial charge is 0.159 e. The van der Waals surface area contributed by atoms with Crippen LogP contribution in [0.3, 0.4) is 0 Å². The Morgan fingerprint density at radius 2 is 1.87 bits per heavy atom. The number of carbonyl (C=O) groups is 1. The topological polar surface area (TPSA) is 74.2 Å². The molecule has 0 aromatic heterocycles.